The molecule has 0 radical (unpaired) electrons. The van der Waals surface area contributed by atoms with Crippen LogP contribution < -0.4 is 10.6 Å². The average Bonchev–Trinajstić information content (AvgIpc) is 2.82. The normalized spacial score (nSPS) is 17.6. The number of anilines is 2. The summed E-state index contributed by atoms with van der Waals surface area (Å²) in [5.74, 6) is 0.0969. The molecule has 21 heavy (non-hydrogen) atoms. The maximum atomic E-state index is 12.4. The van der Waals surface area contributed by atoms with Crippen LogP contribution in [0.4, 0.5) is 10.8 Å². The molecule has 2 heterocycles. The highest BCUT2D eigenvalue weighted by atomic mass is 32.2. The van der Waals surface area contributed by atoms with Gasteiger partial charge in [0.15, 0.2) is 10.7 Å². The van der Waals surface area contributed by atoms with E-state index in [0.717, 1.165) is 39.1 Å². The first kappa shape index (κ1) is 16.5. The number of rotatable bonds is 5. The van der Waals surface area contributed by atoms with Gasteiger partial charge in [0.2, 0.25) is 10.0 Å². The van der Waals surface area contributed by atoms with E-state index in [9.17, 15) is 8.42 Å². The smallest absolute Gasteiger partial charge is 0.249 e. The topological polar surface area (TPSA) is 82.8 Å². The Hall–Kier alpha value is -0.900. The van der Waals surface area contributed by atoms with Gasteiger partial charge < -0.3 is 10.6 Å². The van der Waals surface area contributed by atoms with Crippen LogP contribution in [0.5, 0.6) is 0 Å². The maximum Gasteiger partial charge on any atom is 0.249 e. The Labute approximate surface area is 130 Å². The van der Waals surface area contributed by atoms with Crippen molar-refractivity contribution in [1.82, 2.24) is 13.6 Å². The van der Waals surface area contributed by atoms with Gasteiger partial charge in [0.25, 0.3) is 0 Å². The molecule has 1 saturated heterocycles. The highest BCUT2D eigenvalue weighted by Crippen LogP contribution is 2.36. The summed E-state index contributed by atoms with van der Waals surface area (Å²) >= 11 is 1.17. The predicted molar refractivity (Wildman–Crippen MR) is 86.3 cm³/mol. The van der Waals surface area contributed by atoms with E-state index in [-0.39, 0.29) is 10.7 Å². The monoisotopic (exact) mass is 333 g/mol. The van der Waals surface area contributed by atoms with Crippen LogP contribution in [0.15, 0.2) is 4.90 Å². The molecule has 9 heteroatoms. The molecule has 2 N–H and O–H groups in total. The fourth-order valence-corrected chi connectivity index (χ4v) is 4.67. The number of aromatic nitrogens is 1. The number of hydrogen-bond acceptors (Lipinski definition) is 7. The number of piperazine rings is 1. The van der Waals surface area contributed by atoms with Gasteiger partial charge in [0.1, 0.15) is 5.00 Å². The Morgan fingerprint density at radius 2 is 1.90 bits per heavy atom. The number of nitrogens with two attached hydrogens (primary N) is 1. The van der Waals surface area contributed by atoms with Crippen molar-refractivity contribution in [2.24, 2.45) is 0 Å². The lowest BCUT2D eigenvalue weighted by molar-refractivity contribution is 0.258. The molecule has 1 aliphatic rings. The minimum atomic E-state index is -3.57. The second kappa shape index (κ2) is 6.47. The summed E-state index contributed by atoms with van der Waals surface area (Å²) in [7, 11) is -0.548. The van der Waals surface area contributed by atoms with E-state index in [1.165, 1.54) is 29.9 Å². The van der Waals surface area contributed by atoms with E-state index >= 15 is 0 Å². The third-order valence-corrected chi connectivity index (χ3v) is 6.53. The van der Waals surface area contributed by atoms with Gasteiger partial charge in [-0.2, -0.15) is 4.37 Å². The Bertz CT molecular complexity index is 576. The summed E-state index contributed by atoms with van der Waals surface area (Å²) in [6.45, 7) is 6.73. The van der Waals surface area contributed by atoms with E-state index in [4.69, 9.17) is 5.73 Å². The molecule has 0 unspecified atom stereocenters. The van der Waals surface area contributed by atoms with Gasteiger partial charge in [-0.1, -0.05) is 6.92 Å². The van der Waals surface area contributed by atoms with Crippen LogP contribution in [0.3, 0.4) is 0 Å². The Kier molecular flexibility index (Phi) is 5.07. The molecule has 0 bridgehead atoms. The zero-order chi connectivity index (χ0) is 15.6. The minimum absolute atomic E-state index is 0.0969. The van der Waals surface area contributed by atoms with Crippen molar-refractivity contribution in [2.75, 3.05) is 57.5 Å². The number of sulfonamides is 1. The lowest BCUT2D eigenvalue weighted by atomic mass is 10.3. The molecule has 0 amide bonds. The molecule has 0 atom stereocenters. The standard InChI is InChI=1S/C12H23N5O2S2/c1-4-5-16-6-8-17(9-7-16)12-10(11(13)14-20-12)21(18,19)15(2)3/h4-9H2,1-3H3,(H2,13,14). The van der Waals surface area contributed by atoms with Gasteiger partial charge in [-0.15, -0.1) is 0 Å². The lowest BCUT2D eigenvalue weighted by Gasteiger charge is -2.35. The summed E-state index contributed by atoms with van der Waals surface area (Å²) in [6.07, 6.45) is 1.13. The number of nitrogens with zero attached hydrogens (tertiary/aromatic N) is 4. The number of hydrogen-bond donors (Lipinski definition) is 1. The summed E-state index contributed by atoms with van der Waals surface area (Å²) in [4.78, 5) is 4.62. The Morgan fingerprint density at radius 3 is 2.43 bits per heavy atom. The van der Waals surface area contributed by atoms with E-state index < -0.39 is 10.0 Å². The highest BCUT2D eigenvalue weighted by molar-refractivity contribution is 7.89. The maximum absolute atomic E-state index is 12.4. The van der Waals surface area contributed by atoms with Crippen molar-refractivity contribution in [2.45, 2.75) is 18.2 Å². The van der Waals surface area contributed by atoms with Crippen LogP contribution in [-0.2, 0) is 10.0 Å². The third kappa shape index (κ3) is 3.31. The largest absolute Gasteiger partial charge is 0.382 e. The molecule has 2 rings (SSSR count). The Morgan fingerprint density at radius 1 is 1.29 bits per heavy atom. The van der Waals surface area contributed by atoms with Gasteiger partial charge >= 0.3 is 0 Å². The van der Waals surface area contributed by atoms with Crippen LogP contribution in [0.25, 0.3) is 0 Å². The molecule has 7 nitrogen and oxygen atoms in total. The zero-order valence-electron chi connectivity index (χ0n) is 12.7. The fraction of sp³-hybridized carbons (Fsp3) is 0.750. The highest BCUT2D eigenvalue weighted by Gasteiger charge is 2.31. The van der Waals surface area contributed by atoms with Crippen molar-refractivity contribution in [1.29, 1.82) is 0 Å². The summed E-state index contributed by atoms with van der Waals surface area (Å²) < 4.78 is 30.1. The van der Waals surface area contributed by atoms with E-state index in [1.54, 1.807) is 0 Å². The van der Waals surface area contributed by atoms with Crippen molar-refractivity contribution in [3.63, 3.8) is 0 Å². The van der Waals surface area contributed by atoms with Crippen LogP contribution in [0.2, 0.25) is 0 Å². The molecule has 1 aromatic rings. The van der Waals surface area contributed by atoms with Gasteiger partial charge in [-0.25, -0.2) is 12.7 Å². The average molecular weight is 333 g/mol. The first-order chi connectivity index (χ1) is 9.87. The van der Waals surface area contributed by atoms with Crippen molar-refractivity contribution >= 4 is 32.4 Å². The SMILES string of the molecule is CCCN1CCN(c2snc(N)c2S(=O)(=O)N(C)C)CC1. The van der Waals surface area contributed by atoms with Gasteiger partial charge in [0.05, 0.1) is 0 Å². The quantitative estimate of drug-likeness (QED) is 0.845. The molecule has 0 saturated carbocycles. The molecule has 1 aromatic heterocycles. The van der Waals surface area contributed by atoms with Crippen molar-refractivity contribution in [3.05, 3.63) is 0 Å². The second-order valence-corrected chi connectivity index (χ2v) is 8.16. The zero-order valence-corrected chi connectivity index (χ0v) is 14.4. The fourth-order valence-electron chi connectivity index (χ4n) is 2.40. The van der Waals surface area contributed by atoms with Crippen molar-refractivity contribution in [3.8, 4) is 0 Å². The van der Waals surface area contributed by atoms with Crippen LogP contribution >= 0.6 is 11.5 Å². The first-order valence-electron chi connectivity index (χ1n) is 7.03. The van der Waals surface area contributed by atoms with Gasteiger partial charge in [0, 0.05) is 40.3 Å². The molecule has 0 spiro atoms. The predicted octanol–water partition coefficient (Wildman–Crippen LogP) is 0.508. The van der Waals surface area contributed by atoms with Crippen molar-refractivity contribution < 1.29 is 8.42 Å². The minimum Gasteiger partial charge on any atom is -0.382 e. The summed E-state index contributed by atoms with van der Waals surface area (Å²) in [5, 5.41) is 0.664. The van der Waals surface area contributed by atoms with Crippen LogP contribution in [0, 0.1) is 0 Å². The first-order valence-corrected chi connectivity index (χ1v) is 9.24. The second-order valence-electron chi connectivity index (χ2n) is 5.32. The Balaban J connectivity index is 2.23. The molecule has 0 aromatic carbocycles. The summed E-state index contributed by atoms with van der Waals surface area (Å²) in [5.41, 5.74) is 5.80. The third-order valence-electron chi connectivity index (χ3n) is 3.60. The number of nitrogen functional groups attached to an aromatic ring is 1. The van der Waals surface area contributed by atoms with E-state index in [2.05, 4.69) is 21.1 Å². The van der Waals surface area contributed by atoms with E-state index in [0.29, 0.717) is 5.00 Å². The van der Waals surface area contributed by atoms with Crippen LogP contribution in [-0.4, -0.2) is 68.8 Å². The molecule has 120 valence electrons. The summed E-state index contributed by atoms with van der Waals surface area (Å²) in [6, 6.07) is 0. The molecular formula is C12H23N5O2S2. The van der Waals surface area contributed by atoms with E-state index in [1.807, 2.05) is 0 Å². The van der Waals surface area contributed by atoms with Gasteiger partial charge in [-0.05, 0) is 24.5 Å². The molecule has 0 aliphatic carbocycles. The van der Waals surface area contributed by atoms with Crippen LogP contribution in [0.1, 0.15) is 13.3 Å². The van der Waals surface area contributed by atoms with Gasteiger partial charge in [-0.3, -0.25) is 4.90 Å². The molecular weight excluding hydrogens is 310 g/mol. The molecule has 1 aliphatic heterocycles. The molecule has 1 fully saturated rings. The lowest BCUT2D eigenvalue weighted by Crippen LogP contribution is -2.46.